The Kier molecular flexibility index (Phi) is 3.19. The number of hydrogen-bond acceptors (Lipinski definition) is 0. The molecule has 0 saturated heterocycles. The first kappa shape index (κ1) is 5.62. The van der Waals surface area contributed by atoms with E-state index >= 15 is 0 Å². The molecule has 1 aliphatic carbocycles. The first-order valence-corrected chi connectivity index (χ1v) is 1.82. The molecule has 0 spiro atoms. The van der Waals surface area contributed by atoms with Gasteiger partial charge in [0.05, 0.1) is 0 Å². The van der Waals surface area contributed by atoms with E-state index in [1.165, 1.54) is 19.3 Å². The van der Waals surface area contributed by atoms with E-state index in [1.807, 2.05) is 0 Å². The van der Waals surface area contributed by atoms with Gasteiger partial charge in [-0.05, 0) is 0 Å². The molecule has 1 heteroatoms. The third kappa shape index (κ3) is 1.49. The van der Waals surface area contributed by atoms with Gasteiger partial charge < -0.3 is 6.42 Å². The molecule has 0 aromatic rings. The molecule has 0 nitrogen and oxygen atoms in total. The van der Waals surface area contributed by atoms with Gasteiger partial charge in [0.25, 0.3) is 0 Å². The van der Waals surface area contributed by atoms with Crippen LogP contribution in [0.3, 0.4) is 0 Å². The van der Waals surface area contributed by atoms with Crippen LogP contribution >= 0.6 is 0 Å². The average molecular weight is 120 g/mol. The smallest absolute Gasteiger partial charge is 0 e. The Labute approximate surface area is 45.7 Å². The number of rotatable bonds is 0. The Bertz CT molecular complexity index is 11.6. The monoisotopic (exact) mass is 119 g/mol. The third-order valence-corrected chi connectivity index (χ3v) is 0.816. The van der Waals surface area contributed by atoms with Gasteiger partial charge in [-0.3, -0.25) is 0 Å². The summed E-state index contributed by atoms with van der Waals surface area (Å²) >= 11 is 0. The Morgan fingerprint density at radius 2 is 1.40 bits per heavy atom. The zero-order chi connectivity index (χ0) is 2.83. The Balaban J connectivity index is 0.000000160. The maximum atomic E-state index is 2.31. The van der Waals surface area contributed by atoms with E-state index in [9.17, 15) is 0 Å². The van der Waals surface area contributed by atoms with Gasteiger partial charge in [-0.15, -0.1) is 6.42 Å². The zero-order valence-electron chi connectivity index (χ0n) is 3.41. The maximum Gasteiger partial charge on any atom is 0 e. The Hall–Kier alpha value is 0.623. The summed E-state index contributed by atoms with van der Waals surface area (Å²) in [5, 5.41) is 0. The molecule has 0 amide bonds. The summed E-state index contributed by atoms with van der Waals surface area (Å²) < 4.78 is 0. The van der Waals surface area contributed by atoms with E-state index in [4.69, 9.17) is 0 Å². The molecule has 0 bridgehead atoms. The van der Waals surface area contributed by atoms with Crippen molar-refractivity contribution in [2.24, 2.45) is 0 Å². The minimum atomic E-state index is 0. The molecule has 1 rings (SSSR count). The van der Waals surface area contributed by atoms with Crippen LogP contribution in [0.4, 0.5) is 0 Å². The second kappa shape index (κ2) is 2.84. The molecule has 0 aromatic carbocycles. The predicted octanol–water partition coefficient (Wildman–Crippen LogP) is 1.37. The fourth-order valence-corrected chi connectivity index (χ4v) is 0.204. The molecular weight excluding hydrogens is 113 g/mol. The second-order valence-electron chi connectivity index (χ2n) is 1.22. The molecule has 0 atom stereocenters. The SMILES string of the molecule is [CH-]1CCC1.[Zn]. The van der Waals surface area contributed by atoms with Crippen LogP contribution < -0.4 is 0 Å². The maximum absolute atomic E-state index is 2.31. The van der Waals surface area contributed by atoms with Gasteiger partial charge in [-0.1, -0.05) is 0 Å². The van der Waals surface area contributed by atoms with Gasteiger partial charge in [-0.25, -0.2) is 0 Å². The first-order valence-electron chi connectivity index (χ1n) is 1.82. The van der Waals surface area contributed by atoms with Crippen molar-refractivity contribution in [3.05, 3.63) is 6.42 Å². The molecule has 26 valence electrons. The van der Waals surface area contributed by atoms with Crippen LogP contribution in [-0.4, -0.2) is 0 Å². The van der Waals surface area contributed by atoms with Gasteiger partial charge >= 0.3 is 0 Å². The van der Waals surface area contributed by atoms with Crippen LogP contribution in [0.15, 0.2) is 0 Å². The van der Waals surface area contributed by atoms with Crippen molar-refractivity contribution in [2.75, 3.05) is 0 Å². The Morgan fingerprint density at radius 1 is 1.20 bits per heavy atom. The molecule has 0 aromatic heterocycles. The standard InChI is InChI=1S/C4H7.Zn/c1-2-4-3-1;/h1H,2-4H2;/q-1;. The molecule has 1 fully saturated rings. The van der Waals surface area contributed by atoms with Gasteiger partial charge in [-0.2, -0.15) is 12.8 Å². The van der Waals surface area contributed by atoms with E-state index < -0.39 is 0 Å². The van der Waals surface area contributed by atoms with Crippen LogP contribution in [0.25, 0.3) is 0 Å². The van der Waals surface area contributed by atoms with Crippen molar-refractivity contribution in [3.8, 4) is 0 Å². The number of hydrogen-bond donors (Lipinski definition) is 0. The fraction of sp³-hybridized carbons (Fsp3) is 0.750. The van der Waals surface area contributed by atoms with Crippen LogP contribution in [0.2, 0.25) is 0 Å². The van der Waals surface area contributed by atoms with Gasteiger partial charge in [0.2, 0.25) is 0 Å². The van der Waals surface area contributed by atoms with Crippen molar-refractivity contribution in [2.45, 2.75) is 19.3 Å². The zero-order valence-corrected chi connectivity index (χ0v) is 6.37. The molecular formula is C4H7Zn-. The first-order chi connectivity index (χ1) is 2.00. The van der Waals surface area contributed by atoms with Gasteiger partial charge in [0, 0.05) is 19.5 Å². The van der Waals surface area contributed by atoms with Crippen molar-refractivity contribution in [3.63, 3.8) is 0 Å². The fourth-order valence-electron chi connectivity index (χ4n) is 0.204. The molecule has 0 heterocycles. The van der Waals surface area contributed by atoms with Gasteiger partial charge in [0.1, 0.15) is 0 Å². The topological polar surface area (TPSA) is 0 Å². The summed E-state index contributed by atoms with van der Waals surface area (Å²) in [7, 11) is 0. The summed E-state index contributed by atoms with van der Waals surface area (Å²) in [6.45, 7) is 0. The van der Waals surface area contributed by atoms with E-state index in [2.05, 4.69) is 6.42 Å². The van der Waals surface area contributed by atoms with Crippen LogP contribution in [0.5, 0.6) is 0 Å². The summed E-state index contributed by atoms with van der Waals surface area (Å²) in [5.41, 5.74) is 0. The molecule has 0 unspecified atom stereocenters. The summed E-state index contributed by atoms with van der Waals surface area (Å²) in [4.78, 5) is 0. The van der Waals surface area contributed by atoms with E-state index in [1.54, 1.807) is 0 Å². The predicted molar refractivity (Wildman–Crippen MR) is 18.2 cm³/mol. The molecule has 1 aliphatic rings. The molecule has 1 saturated carbocycles. The largest absolute Gasteiger partial charge is 0.329 e. The van der Waals surface area contributed by atoms with Crippen molar-refractivity contribution in [1.82, 2.24) is 0 Å². The molecule has 5 heavy (non-hydrogen) atoms. The normalized spacial score (nSPS) is 19.2. The van der Waals surface area contributed by atoms with Crippen LogP contribution in [0.1, 0.15) is 19.3 Å². The third-order valence-electron chi connectivity index (χ3n) is 0.816. The quantitative estimate of drug-likeness (QED) is 0.335. The minimum absolute atomic E-state index is 0. The molecule has 0 aliphatic heterocycles. The molecule has 0 N–H and O–H groups in total. The van der Waals surface area contributed by atoms with E-state index in [0.717, 1.165) is 0 Å². The van der Waals surface area contributed by atoms with E-state index in [0.29, 0.717) is 0 Å². The average Bonchev–Trinajstić information content (AvgIpc) is 0.722. The van der Waals surface area contributed by atoms with E-state index in [-0.39, 0.29) is 19.5 Å². The van der Waals surface area contributed by atoms with Crippen LogP contribution in [-0.2, 0) is 19.5 Å². The van der Waals surface area contributed by atoms with Crippen LogP contribution in [0, 0.1) is 6.42 Å². The Morgan fingerprint density at radius 3 is 1.40 bits per heavy atom. The van der Waals surface area contributed by atoms with Crippen molar-refractivity contribution >= 4 is 0 Å². The second-order valence-corrected chi connectivity index (χ2v) is 1.22. The van der Waals surface area contributed by atoms with Crippen molar-refractivity contribution in [1.29, 1.82) is 0 Å². The molecule has 0 radical (unpaired) electrons. The van der Waals surface area contributed by atoms with Crippen molar-refractivity contribution < 1.29 is 19.5 Å². The summed E-state index contributed by atoms with van der Waals surface area (Å²) in [6.07, 6.45) is 6.50. The van der Waals surface area contributed by atoms with Gasteiger partial charge in [0.15, 0.2) is 0 Å². The minimum Gasteiger partial charge on any atom is -0.329 e. The summed E-state index contributed by atoms with van der Waals surface area (Å²) in [5.74, 6) is 0. The summed E-state index contributed by atoms with van der Waals surface area (Å²) in [6, 6.07) is 0.